The molecule has 3 heterocycles. The van der Waals surface area contributed by atoms with Crippen molar-refractivity contribution in [3.05, 3.63) is 46.2 Å². The van der Waals surface area contributed by atoms with Gasteiger partial charge in [0, 0.05) is 36.8 Å². The van der Waals surface area contributed by atoms with Crippen molar-refractivity contribution >= 4 is 17.2 Å². The van der Waals surface area contributed by atoms with Crippen molar-refractivity contribution < 1.29 is 4.79 Å². The topological polar surface area (TPSA) is 66.9 Å². The van der Waals surface area contributed by atoms with Crippen LogP contribution in [0.1, 0.15) is 39.8 Å². The molecule has 2 aromatic heterocycles. The van der Waals surface area contributed by atoms with Gasteiger partial charge in [0.15, 0.2) is 0 Å². The molecular weight excluding hydrogens is 284 g/mol. The Bertz CT molecular complexity index is 593. The summed E-state index contributed by atoms with van der Waals surface area (Å²) in [5.41, 5.74) is 1.50. The molecule has 6 heteroatoms. The van der Waals surface area contributed by atoms with E-state index in [2.05, 4.69) is 20.6 Å². The van der Waals surface area contributed by atoms with Crippen LogP contribution in [-0.4, -0.2) is 29.0 Å². The molecule has 110 valence electrons. The van der Waals surface area contributed by atoms with Gasteiger partial charge < -0.3 is 10.6 Å². The summed E-state index contributed by atoms with van der Waals surface area (Å²) in [5.74, 6) is 0.328. The monoisotopic (exact) mass is 302 g/mol. The fourth-order valence-electron chi connectivity index (χ4n) is 2.42. The van der Waals surface area contributed by atoms with E-state index in [1.807, 2.05) is 17.5 Å². The zero-order valence-corrected chi connectivity index (χ0v) is 12.5. The third-order valence-corrected chi connectivity index (χ3v) is 4.58. The summed E-state index contributed by atoms with van der Waals surface area (Å²) in [7, 11) is 0. The van der Waals surface area contributed by atoms with Crippen LogP contribution in [0.3, 0.4) is 0 Å². The van der Waals surface area contributed by atoms with Crippen LogP contribution in [-0.2, 0) is 6.54 Å². The van der Waals surface area contributed by atoms with Gasteiger partial charge >= 0.3 is 0 Å². The molecule has 0 radical (unpaired) electrons. The number of nitrogens with zero attached hydrogens (tertiary/aromatic N) is 2. The zero-order valence-electron chi connectivity index (χ0n) is 11.7. The first-order valence-corrected chi connectivity index (χ1v) is 8.04. The lowest BCUT2D eigenvalue weighted by Crippen LogP contribution is -2.28. The lowest BCUT2D eigenvalue weighted by Gasteiger charge is -2.20. The number of amides is 1. The van der Waals surface area contributed by atoms with E-state index in [0.717, 1.165) is 30.1 Å². The van der Waals surface area contributed by atoms with Gasteiger partial charge in [-0.25, -0.2) is 4.98 Å². The van der Waals surface area contributed by atoms with Gasteiger partial charge in [-0.05, 0) is 31.0 Å². The molecular formula is C15H18N4OS. The van der Waals surface area contributed by atoms with Crippen molar-refractivity contribution in [2.45, 2.75) is 25.3 Å². The number of nitrogens with one attached hydrogen (secondary N) is 2. The molecule has 3 rings (SSSR count). The predicted molar refractivity (Wildman–Crippen MR) is 82.4 cm³/mol. The van der Waals surface area contributed by atoms with Crippen molar-refractivity contribution in [2.75, 3.05) is 13.1 Å². The minimum absolute atomic E-state index is 0.120. The molecule has 2 aromatic rings. The quantitative estimate of drug-likeness (QED) is 0.906. The third kappa shape index (κ3) is 3.65. The van der Waals surface area contributed by atoms with E-state index in [-0.39, 0.29) is 5.91 Å². The summed E-state index contributed by atoms with van der Waals surface area (Å²) >= 11 is 1.58. The van der Waals surface area contributed by atoms with Gasteiger partial charge in [0.1, 0.15) is 5.69 Å². The highest BCUT2D eigenvalue weighted by atomic mass is 32.1. The highest BCUT2D eigenvalue weighted by Crippen LogP contribution is 2.26. The molecule has 1 aliphatic heterocycles. The SMILES string of the molecule is O=C(NCc1cccnc1)c1csc(C2CCCNC2)n1. The van der Waals surface area contributed by atoms with Crippen LogP contribution in [0, 0.1) is 0 Å². The van der Waals surface area contributed by atoms with Gasteiger partial charge in [-0.2, -0.15) is 0 Å². The lowest BCUT2D eigenvalue weighted by molar-refractivity contribution is 0.0946. The number of aromatic nitrogens is 2. The maximum absolute atomic E-state index is 12.1. The minimum atomic E-state index is -0.120. The molecule has 5 nitrogen and oxygen atoms in total. The highest BCUT2D eigenvalue weighted by Gasteiger charge is 2.20. The molecule has 1 fully saturated rings. The van der Waals surface area contributed by atoms with Gasteiger partial charge in [-0.1, -0.05) is 6.07 Å². The number of piperidine rings is 1. The van der Waals surface area contributed by atoms with Crippen molar-refractivity contribution in [3.63, 3.8) is 0 Å². The Morgan fingerprint density at radius 2 is 2.48 bits per heavy atom. The number of carbonyl (C=O) groups excluding carboxylic acids is 1. The second-order valence-corrected chi connectivity index (χ2v) is 6.05. The first kappa shape index (κ1) is 14.2. The summed E-state index contributed by atoms with van der Waals surface area (Å²) in [6.07, 6.45) is 5.79. The standard InChI is InChI=1S/C15H18N4OS/c20-14(18-8-11-3-1-5-16-7-11)13-10-21-15(19-13)12-4-2-6-17-9-12/h1,3,5,7,10,12,17H,2,4,6,8-9H2,(H,18,20). The average Bonchev–Trinajstić information content (AvgIpc) is 3.04. The molecule has 21 heavy (non-hydrogen) atoms. The number of hydrogen-bond donors (Lipinski definition) is 2. The smallest absolute Gasteiger partial charge is 0.271 e. The summed E-state index contributed by atoms with van der Waals surface area (Å²) in [4.78, 5) is 20.6. The molecule has 0 bridgehead atoms. The predicted octanol–water partition coefficient (Wildman–Crippen LogP) is 1.94. The molecule has 0 saturated carbocycles. The molecule has 1 atom stereocenters. The Morgan fingerprint density at radius 1 is 1.52 bits per heavy atom. The third-order valence-electron chi connectivity index (χ3n) is 3.58. The van der Waals surface area contributed by atoms with E-state index in [0.29, 0.717) is 18.2 Å². The molecule has 2 N–H and O–H groups in total. The van der Waals surface area contributed by atoms with E-state index in [4.69, 9.17) is 0 Å². The Kier molecular flexibility index (Phi) is 4.57. The number of rotatable bonds is 4. The van der Waals surface area contributed by atoms with E-state index in [9.17, 15) is 4.79 Å². The van der Waals surface area contributed by atoms with Crippen molar-refractivity contribution in [1.29, 1.82) is 0 Å². The molecule has 0 aromatic carbocycles. The largest absolute Gasteiger partial charge is 0.347 e. The maximum atomic E-state index is 12.1. The Balaban J connectivity index is 1.59. The van der Waals surface area contributed by atoms with Crippen molar-refractivity contribution in [2.24, 2.45) is 0 Å². The first-order chi connectivity index (χ1) is 10.3. The second kappa shape index (κ2) is 6.78. The number of pyridine rings is 1. The maximum Gasteiger partial charge on any atom is 0.271 e. The van der Waals surface area contributed by atoms with Crippen molar-refractivity contribution in [1.82, 2.24) is 20.6 Å². The summed E-state index contributed by atoms with van der Waals surface area (Å²) in [5, 5.41) is 9.17. The first-order valence-electron chi connectivity index (χ1n) is 7.16. The molecule has 1 saturated heterocycles. The lowest BCUT2D eigenvalue weighted by atomic mass is 10.0. The van der Waals surface area contributed by atoms with Gasteiger partial charge in [0.05, 0.1) is 5.01 Å². The van der Waals surface area contributed by atoms with Crippen LogP contribution in [0.25, 0.3) is 0 Å². The molecule has 0 aliphatic carbocycles. The van der Waals surface area contributed by atoms with E-state index in [1.165, 1.54) is 6.42 Å². The van der Waals surface area contributed by atoms with Crippen molar-refractivity contribution in [3.8, 4) is 0 Å². The summed E-state index contributed by atoms with van der Waals surface area (Å²) in [6.45, 7) is 2.52. The number of carbonyl (C=O) groups is 1. The highest BCUT2D eigenvalue weighted by molar-refractivity contribution is 7.09. The Labute approximate surface area is 127 Å². The second-order valence-electron chi connectivity index (χ2n) is 5.16. The van der Waals surface area contributed by atoms with E-state index < -0.39 is 0 Å². The van der Waals surface area contributed by atoms with E-state index in [1.54, 1.807) is 23.7 Å². The molecule has 1 unspecified atom stereocenters. The van der Waals surface area contributed by atoms with Gasteiger partial charge in [0.25, 0.3) is 5.91 Å². The molecule has 1 amide bonds. The normalized spacial score (nSPS) is 18.4. The Hall–Kier alpha value is -1.79. The van der Waals surface area contributed by atoms with Gasteiger partial charge in [0.2, 0.25) is 0 Å². The van der Waals surface area contributed by atoms with Crippen LogP contribution >= 0.6 is 11.3 Å². The molecule has 0 spiro atoms. The van der Waals surface area contributed by atoms with Crippen LogP contribution < -0.4 is 10.6 Å². The van der Waals surface area contributed by atoms with Crippen LogP contribution in [0.5, 0.6) is 0 Å². The van der Waals surface area contributed by atoms with Crippen LogP contribution in [0.4, 0.5) is 0 Å². The molecule has 1 aliphatic rings. The summed E-state index contributed by atoms with van der Waals surface area (Å²) < 4.78 is 0. The van der Waals surface area contributed by atoms with Gasteiger partial charge in [-0.15, -0.1) is 11.3 Å². The fraction of sp³-hybridized carbons (Fsp3) is 0.400. The van der Waals surface area contributed by atoms with Crippen LogP contribution in [0.15, 0.2) is 29.9 Å². The fourth-order valence-corrected chi connectivity index (χ4v) is 3.35. The average molecular weight is 302 g/mol. The summed E-state index contributed by atoms with van der Waals surface area (Å²) in [6, 6.07) is 3.80. The minimum Gasteiger partial charge on any atom is -0.347 e. The number of hydrogen-bond acceptors (Lipinski definition) is 5. The number of thiazole rings is 1. The van der Waals surface area contributed by atoms with Crippen LogP contribution in [0.2, 0.25) is 0 Å². The Morgan fingerprint density at radius 3 is 3.24 bits per heavy atom. The zero-order chi connectivity index (χ0) is 14.5. The van der Waals surface area contributed by atoms with Gasteiger partial charge in [-0.3, -0.25) is 9.78 Å². The van der Waals surface area contributed by atoms with E-state index >= 15 is 0 Å².